The van der Waals surface area contributed by atoms with E-state index < -0.39 is 11.9 Å². The molecule has 0 saturated heterocycles. The Morgan fingerprint density at radius 2 is 1.83 bits per heavy atom. The molecule has 1 aliphatic heterocycles. The van der Waals surface area contributed by atoms with E-state index in [4.69, 9.17) is 32.1 Å². The standard InChI is InChI=1S/C21H12Cl2N2O4/c1-10-8-16(24-29-10)25-18(11-6-7-13(22)14(23)9-11)17-19(26)12-4-2-3-5-15(12)28-20(17)21(25)27/h2-9,18H,1H3/t18-/m0/s1. The van der Waals surface area contributed by atoms with Gasteiger partial charge in [-0.15, -0.1) is 0 Å². The largest absolute Gasteiger partial charge is 0.450 e. The van der Waals surface area contributed by atoms with Crippen molar-refractivity contribution in [3.05, 3.63) is 91.4 Å². The van der Waals surface area contributed by atoms with Crippen molar-refractivity contribution in [3.63, 3.8) is 0 Å². The average Bonchev–Trinajstić information content (AvgIpc) is 3.26. The minimum absolute atomic E-state index is 0.0228. The molecule has 1 amide bonds. The summed E-state index contributed by atoms with van der Waals surface area (Å²) < 4.78 is 11.0. The van der Waals surface area contributed by atoms with E-state index in [-0.39, 0.29) is 22.6 Å². The maximum atomic E-state index is 13.3. The van der Waals surface area contributed by atoms with Crippen LogP contribution in [-0.2, 0) is 0 Å². The number of halogens is 2. The normalized spacial score (nSPS) is 15.9. The highest BCUT2D eigenvalue weighted by atomic mass is 35.5. The van der Waals surface area contributed by atoms with Crippen LogP contribution in [0.4, 0.5) is 5.82 Å². The van der Waals surface area contributed by atoms with Crippen LogP contribution in [0.2, 0.25) is 10.0 Å². The zero-order chi connectivity index (χ0) is 20.3. The Morgan fingerprint density at radius 1 is 1.03 bits per heavy atom. The Kier molecular flexibility index (Phi) is 4.01. The molecular weight excluding hydrogens is 415 g/mol. The Morgan fingerprint density at radius 3 is 2.55 bits per heavy atom. The van der Waals surface area contributed by atoms with Crippen molar-refractivity contribution < 1.29 is 13.7 Å². The molecule has 4 aromatic rings. The van der Waals surface area contributed by atoms with Gasteiger partial charge in [-0.05, 0) is 36.8 Å². The number of hydrogen-bond acceptors (Lipinski definition) is 5. The summed E-state index contributed by atoms with van der Waals surface area (Å²) in [6.45, 7) is 1.72. The summed E-state index contributed by atoms with van der Waals surface area (Å²) >= 11 is 12.3. The molecule has 144 valence electrons. The number of hydrogen-bond donors (Lipinski definition) is 0. The van der Waals surface area contributed by atoms with Crippen molar-refractivity contribution in [1.29, 1.82) is 0 Å². The Bertz CT molecular complexity index is 1360. The van der Waals surface area contributed by atoms with Crippen LogP contribution in [-0.4, -0.2) is 11.1 Å². The zero-order valence-electron chi connectivity index (χ0n) is 15.0. The van der Waals surface area contributed by atoms with Gasteiger partial charge in [0.05, 0.1) is 27.0 Å². The van der Waals surface area contributed by atoms with Gasteiger partial charge in [0.25, 0.3) is 5.91 Å². The summed E-state index contributed by atoms with van der Waals surface area (Å²) in [6, 6.07) is 12.6. The molecule has 0 radical (unpaired) electrons. The maximum absolute atomic E-state index is 13.3. The Hall–Kier alpha value is -3.09. The molecule has 1 atom stereocenters. The molecule has 0 N–H and O–H groups in total. The van der Waals surface area contributed by atoms with E-state index in [1.807, 2.05) is 0 Å². The predicted molar refractivity (Wildman–Crippen MR) is 109 cm³/mol. The molecule has 2 aromatic heterocycles. The second kappa shape index (κ2) is 6.47. The van der Waals surface area contributed by atoms with Crippen LogP contribution >= 0.6 is 23.2 Å². The molecule has 29 heavy (non-hydrogen) atoms. The summed E-state index contributed by atoms with van der Waals surface area (Å²) in [5, 5.41) is 5.05. The lowest BCUT2D eigenvalue weighted by Crippen LogP contribution is -2.29. The first-order valence-electron chi connectivity index (χ1n) is 8.73. The van der Waals surface area contributed by atoms with Gasteiger partial charge < -0.3 is 8.94 Å². The molecule has 0 fully saturated rings. The van der Waals surface area contributed by atoms with Crippen LogP contribution in [0.15, 0.2) is 62.3 Å². The number of anilines is 1. The second-order valence-electron chi connectivity index (χ2n) is 6.72. The van der Waals surface area contributed by atoms with E-state index in [2.05, 4.69) is 5.16 Å². The highest BCUT2D eigenvalue weighted by Gasteiger charge is 2.45. The quantitative estimate of drug-likeness (QED) is 0.443. The van der Waals surface area contributed by atoms with Gasteiger partial charge in [-0.25, -0.2) is 0 Å². The third-order valence-electron chi connectivity index (χ3n) is 4.90. The Balaban J connectivity index is 1.83. The van der Waals surface area contributed by atoms with Gasteiger partial charge in [-0.3, -0.25) is 14.5 Å². The van der Waals surface area contributed by atoms with Crippen LogP contribution in [0.3, 0.4) is 0 Å². The number of amides is 1. The number of aromatic nitrogens is 1. The fraction of sp³-hybridized carbons (Fsp3) is 0.0952. The van der Waals surface area contributed by atoms with Crippen molar-refractivity contribution in [1.82, 2.24) is 5.16 Å². The third kappa shape index (κ3) is 2.68. The topological polar surface area (TPSA) is 76.6 Å². The lowest BCUT2D eigenvalue weighted by Gasteiger charge is -2.22. The number of para-hydroxylation sites is 1. The van der Waals surface area contributed by atoms with E-state index in [0.29, 0.717) is 32.3 Å². The summed E-state index contributed by atoms with van der Waals surface area (Å²) in [6.07, 6.45) is 0. The lowest BCUT2D eigenvalue weighted by molar-refractivity contribution is 0.0969. The van der Waals surface area contributed by atoms with E-state index in [9.17, 15) is 9.59 Å². The van der Waals surface area contributed by atoms with Gasteiger partial charge in [0.1, 0.15) is 11.3 Å². The van der Waals surface area contributed by atoms with Crippen LogP contribution in [0.1, 0.15) is 33.5 Å². The SMILES string of the molecule is Cc1cc(N2C(=O)c3oc4ccccc4c(=O)c3[C@@H]2c2ccc(Cl)c(Cl)c2)no1. The predicted octanol–water partition coefficient (Wildman–Crippen LogP) is 5.15. The molecule has 0 spiro atoms. The molecule has 0 unspecified atom stereocenters. The summed E-state index contributed by atoms with van der Waals surface area (Å²) in [7, 11) is 0. The number of fused-ring (bicyclic) bond motifs is 2. The Labute approximate surface area is 174 Å². The molecular formula is C21H12Cl2N2O4. The molecule has 1 aliphatic rings. The van der Waals surface area contributed by atoms with E-state index in [1.54, 1.807) is 55.5 Å². The third-order valence-corrected chi connectivity index (χ3v) is 5.64. The number of aryl methyl sites for hydroxylation is 1. The molecule has 0 aliphatic carbocycles. The zero-order valence-corrected chi connectivity index (χ0v) is 16.5. The number of carbonyl (C=O) groups excluding carboxylic acids is 1. The smallest absolute Gasteiger partial charge is 0.296 e. The van der Waals surface area contributed by atoms with Crippen molar-refractivity contribution in [2.45, 2.75) is 13.0 Å². The minimum atomic E-state index is -0.780. The van der Waals surface area contributed by atoms with Crippen molar-refractivity contribution in [3.8, 4) is 0 Å². The first-order chi connectivity index (χ1) is 14.0. The highest BCUT2D eigenvalue weighted by molar-refractivity contribution is 6.42. The lowest BCUT2D eigenvalue weighted by atomic mass is 9.98. The van der Waals surface area contributed by atoms with E-state index in [1.165, 1.54) is 4.90 Å². The van der Waals surface area contributed by atoms with Crippen LogP contribution in [0.25, 0.3) is 11.0 Å². The molecule has 5 rings (SSSR count). The number of benzene rings is 2. The number of nitrogens with zero attached hydrogens (tertiary/aromatic N) is 2. The van der Waals surface area contributed by atoms with Gasteiger partial charge in [0.2, 0.25) is 5.76 Å². The van der Waals surface area contributed by atoms with Gasteiger partial charge >= 0.3 is 0 Å². The van der Waals surface area contributed by atoms with Crippen LogP contribution in [0, 0.1) is 6.92 Å². The van der Waals surface area contributed by atoms with Crippen molar-refractivity contribution in [2.24, 2.45) is 0 Å². The van der Waals surface area contributed by atoms with Gasteiger partial charge in [-0.1, -0.05) is 46.6 Å². The number of rotatable bonds is 2. The fourth-order valence-corrected chi connectivity index (χ4v) is 3.93. The first kappa shape index (κ1) is 18.0. The molecule has 0 saturated carbocycles. The highest BCUT2D eigenvalue weighted by Crippen LogP contribution is 2.42. The summed E-state index contributed by atoms with van der Waals surface area (Å²) in [5.74, 6) is 0.303. The maximum Gasteiger partial charge on any atom is 0.296 e. The van der Waals surface area contributed by atoms with E-state index in [0.717, 1.165) is 0 Å². The number of carbonyl (C=O) groups is 1. The molecule has 2 aromatic carbocycles. The summed E-state index contributed by atoms with van der Waals surface area (Å²) in [4.78, 5) is 28.0. The van der Waals surface area contributed by atoms with Crippen LogP contribution in [0.5, 0.6) is 0 Å². The van der Waals surface area contributed by atoms with E-state index >= 15 is 0 Å². The van der Waals surface area contributed by atoms with Gasteiger partial charge in [0, 0.05) is 6.07 Å². The molecule has 3 heterocycles. The first-order valence-corrected chi connectivity index (χ1v) is 9.49. The van der Waals surface area contributed by atoms with Crippen molar-refractivity contribution in [2.75, 3.05) is 4.90 Å². The monoisotopic (exact) mass is 426 g/mol. The molecule has 0 bridgehead atoms. The van der Waals surface area contributed by atoms with Gasteiger partial charge in [0.15, 0.2) is 11.2 Å². The average molecular weight is 427 g/mol. The molecule has 6 nitrogen and oxygen atoms in total. The fourth-order valence-electron chi connectivity index (χ4n) is 3.62. The molecule has 8 heteroatoms. The summed E-state index contributed by atoms with van der Waals surface area (Å²) in [5.41, 5.74) is 0.895. The minimum Gasteiger partial charge on any atom is -0.450 e. The van der Waals surface area contributed by atoms with Crippen molar-refractivity contribution >= 4 is 45.9 Å². The van der Waals surface area contributed by atoms with Crippen LogP contribution < -0.4 is 10.3 Å². The second-order valence-corrected chi connectivity index (χ2v) is 7.53. The van der Waals surface area contributed by atoms with Gasteiger partial charge in [-0.2, -0.15) is 0 Å².